The summed E-state index contributed by atoms with van der Waals surface area (Å²) in [6.45, 7) is 4.34. The van der Waals surface area contributed by atoms with Gasteiger partial charge in [0.1, 0.15) is 23.5 Å². The summed E-state index contributed by atoms with van der Waals surface area (Å²) in [6, 6.07) is 22.0. The fourth-order valence-electron chi connectivity index (χ4n) is 4.66. The smallest absolute Gasteiger partial charge is 0.338 e. The first kappa shape index (κ1) is 30.6. The van der Waals surface area contributed by atoms with Gasteiger partial charge in [0.05, 0.1) is 12.7 Å². The van der Waals surface area contributed by atoms with Crippen LogP contribution in [-0.2, 0) is 17.7 Å². The standard InChI is InChI=1S/C34H34F2N2O4/c1-21-7-9-25(10-8-21)33(39)26-11-22(2)12-27(17-26)34(40)42-32(20-38-19-23-5-4-6-30(15-23)41-3)31(37)16-24-13-28(35)18-29(36)14-24/h4-15,17-18,31-32,38H,16,19-20,37H2,1-3H3. The van der Waals surface area contributed by atoms with Crippen LogP contribution in [0.4, 0.5) is 8.78 Å². The minimum Gasteiger partial charge on any atom is -0.497 e. The molecule has 4 aromatic rings. The number of hydrogen-bond acceptors (Lipinski definition) is 6. The molecule has 0 aliphatic rings. The van der Waals surface area contributed by atoms with Gasteiger partial charge >= 0.3 is 5.97 Å². The van der Waals surface area contributed by atoms with E-state index in [1.54, 1.807) is 38.3 Å². The van der Waals surface area contributed by atoms with Crippen molar-refractivity contribution in [1.82, 2.24) is 5.32 Å². The Morgan fingerprint density at radius 3 is 2.19 bits per heavy atom. The Balaban J connectivity index is 1.53. The maximum Gasteiger partial charge on any atom is 0.338 e. The second kappa shape index (κ2) is 14.0. The zero-order valence-electron chi connectivity index (χ0n) is 23.8. The fraction of sp³-hybridized carbons (Fsp3) is 0.235. The lowest BCUT2D eigenvalue weighted by Crippen LogP contribution is -2.46. The third-order valence-corrected chi connectivity index (χ3v) is 6.83. The predicted molar refractivity (Wildman–Crippen MR) is 158 cm³/mol. The van der Waals surface area contributed by atoms with E-state index >= 15 is 0 Å². The van der Waals surface area contributed by atoms with Crippen molar-refractivity contribution in [3.8, 4) is 5.75 Å². The van der Waals surface area contributed by atoms with Gasteiger partial charge in [0.25, 0.3) is 0 Å². The van der Waals surface area contributed by atoms with Crippen LogP contribution in [0.15, 0.2) is 84.9 Å². The molecule has 0 saturated carbocycles. The van der Waals surface area contributed by atoms with E-state index in [1.165, 1.54) is 18.2 Å². The van der Waals surface area contributed by atoms with Gasteiger partial charge in [0, 0.05) is 36.3 Å². The summed E-state index contributed by atoms with van der Waals surface area (Å²) < 4.78 is 38.8. The van der Waals surface area contributed by atoms with Crippen LogP contribution >= 0.6 is 0 Å². The van der Waals surface area contributed by atoms with Crippen LogP contribution in [-0.4, -0.2) is 37.6 Å². The normalized spacial score (nSPS) is 12.4. The van der Waals surface area contributed by atoms with Gasteiger partial charge in [-0.2, -0.15) is 0 Å². The maximum atomic E-state index is 13.8. The topological polar surface area (TPSA) is 90.6 Å². The molecule has 4 aromatic carbocycles. The second-order valence-electron chi connectivity index (χ2n) is 10.4. The molecule has 2 unspecified atom stereocenters. The lowest BCUT2D eigenvalue weighted by atomic mass is 9.98. The monoisotopic (exact) mass is 572 g/mol. The number of ether oxygens (including phenoxy) is 2. The molecule has 8 heteroatoms. The first-order chi connectivity index (χ1) is 20.1. The number of aryl methyl sites for hydroxylation is 2. The van der Waals surface area contributed by atoms with E-state index < -0.39 is 29.7 Å². The summed E-state index contributed by atoms with van der Waals surface area (Å²) in [4.78, 5) is 26.5. The molecule has 6 nitrogen and oxygen atoms in total. The van der Waals surface area contributed by atoms with E-state index in [2.05, 4.69) is 5.32 Å². The highest BCUT2D eigenvalue weighted by Crippen LogP contribution is 2.19. The number of nitrogens with two attached hydrogens (primary N) is 1. The number of carbonyl (C=O) groups is 2. The highest BCUT2D eigenvalue weighted by molar-refractivity contribution is 6.10. The zero-order chi connectivity index (χ0) is 30.2. The summed E-state index contributed by atoms with van der Waals surface area (Å²) in [6.07, 6.45) is -0.787. The molecule has 4 rings (SSSR count). The van der Waals surface area contributed by atoms with Gasteiger partial charge in [-0.15, -0.1) is 0 Å². The summed E-state index contributed by atoms with van der Waals surface area (Å²) >= 11 is 0. The number of esters is 1. The molecule has 0 radical (unpaired) electrons. The van der Waals surface area contributed by atoms with Crippen molar-refractivity contribution >= 4 is 11.8 Å². The van der Waals surface area contributed by atoms with Crippen molar-refractivity contribution < 1.29 is 27.8 Å². The van der Waals surface area contributed by atoms with Crippen molar-refractivity contribution in [2.45, 2.75) is 39.0 Å². The van der Waals surface area contributed by atoms with Crippen LogP contribution in [0.1, 0.15) is 48.5 Å². The number of hydrogen-bond donors (Lipinski definition) is 2. The Labute approximate surface area is 244 Å². The third kappa shape index (κ3) is 8.31. The van der Waals surface area contributed by atoms with Gasteiger partial charge in [-0.05, 0) is 79.4 Å². The summed E-state index contributed by atoms with van der Waals surface area (Å²) in [5.41, 5.74) is 10.6. The van der Waals surface area contributed by atoms with Gasteiger partial charge in [0.2, 0.25) is 0 Å². The molecule has 0 spiro atoms. The number of methoxy groups -OCH3 is 1. The van der Waals surface area contributed by atoms with Crippen molar-refractivity contribution in [1.29, 1.82) is 0 Å². The third-order valence-electron chi connectivity index (χ3n) is 6.83. The van der Waals surface area contributed by atoms with Crippen LogP contribution in [0.3, 0.4) is 0 Å². The Morgan fingerprint density at radius 1 is 0.810 bits per heavy atom. The molecule has 0 bridgehead atoms. The van der Waals surface area contributed by atoms with Gasteiger partial charge in [0.15, 0.2) is 5.78 Å². The first-order valence-electron chi connectivity index (χ1n) is 13.6. The molecule has 0 aliphatic carbocycles. The van der Waals surface area contributed by atoms with E-state index in [1.807, 2.05) is 43.3 Å². The van der Waals surface area contributed by atoms with Gasteiger partial charge < -0.3 is 20.5 Å². The van der Waals surface area contributed by atoms with Crippen molar-refractivity contribution in [2.75, 3.05) is 13.7 Å². The molecule has 0 fully saturated rings. The van der Waals surface area contributed by atoms with Crippen molar-refractivity contribution in [2.24, 2.45) is 5.73 Å². The van der Waals surface area contributed by atoms with Crippen molar-refractivity contribution in [3.05, 3.63) is 136 Å². The first-order valence-corrected chi connectivity index (χ1v) is 13.6. The fourth-order valence-corrected chi connectivity index (χ4v) is 4.66. The molecular formula is C34H34F2N2O4. The molecule has 0 amide bonds. The number of benzene rings is 4. The van der Waals surface area contributed by atoms with Crippen LogP contribution in [0.25, 0.3) is 0 Å². The number of rotatable bonds is 12. The SMILES string of the molecule is COc1cccc(CNCC(OC(=O)c2cc(C)cc(C(=O)c3ccc(C)cc3)c2)C(N)Cc2cc(F)cc(F)c2)c1. The molecule has 0 saturated heterocycles. The summed E-state index contributed by atoms with van der Waals surface area (Å²) in [5, 5.41) is 3.25. The minimum absolute atomic E-state index is 0.0679. The van der Waals surface area contributed by atoms with E-state index in [9.17, 15) is 18.4 Å². The van der Waals surface area contributed by atoms with Gasteiger partial charge in [-0.3, -0.25) is 4.79 Å². The van der Waals surface area contributed by atoms with Crippen LogP contribution in [0.2, 0.25) is 0 Å². The summed E-state index contributed by atoms with van der Waals surface area (Å²) in [5.74, 6) is -1.60. The second-order valence-corrected chi connectivity index (χ2v) is 10.4. The molecular weight excluding hydrogens is 538 g/mol. The molecule has 0 heterocycles. The number of ketones is 1. The largest absolute Gasteiger partial charge is 0.497 e. The Hall–Kier alpha value is -4.40. The highest BCUT2D eigenvalue weighted by atomic mass is 19.1. The van der Waals surface area contributed by atoms with Gasteiger partial charge in [-0.1, -0.05) is 42.0 Å². The van der Waals surface area contributed by atoms with E-state index in [4.69, 9.17) is 15.2 Å². The lowest BCUT2D eigenvalue weighted by molar-refractivity contribution is 0.0238. The minimum atomic E-state index is -0.855. The number of carbonyl (C=O) groups excluding carboxylic acids is 2. The van der Waals surface area contributed by atoms with Crippen LogP contribution in [0.5, 0.6) is 5.75 Å². The number of nitrogens with one attached hydrogen (secondary N) is 1. The van der Waals surface area contributed by atoms with Crippen molar-refractivity contribution in [3.63, 3.8) is 0 Å². The van der Waals surface area contributed by atoms with Crippen LogP contribution in [0, 0.1) is 25.5 Å². The van der Waals surface area contributed by atoms with E-state index in [0.29, 0.717) is 34.5 Å². The van der Waals surface area contributed by atoms with E-state index in [0.717, 1.165) is 17.2 Å². The molecule has 2 atom stereocenters. The molecule has 3 N–H and O–H groups in total. The van der Waals surface area contributed by atoms with Crippen LogP contribution < -0.4 is 15.8 Å². The molecule has 218 valence electrons. The lowest BCUT2D eigenvalue weighted by Gasteiger charge is -2.25. The Morgan fingerprint density at radius 2 is 1.50 bits per heavy atom. The Bertz CT molecular complexity index is 1540. The van der Waals surface area contributed by atoms with Gasteiger partial charge in [-0.25, -0.2) is 13.6 Å². The average Bonchev–Trinajstić information content (AvgIpc) is 2.95. The average molecular weight is 573 g/mol. The number of halogens is 2. The maximum absolute atomic E-state index is 13.8. The highest BCUT2D eigenvalue weighted by Gasteiger charge is 2.25. The van der Waals surface area contributed by atoms with E-state index in [-0.39, 0.29) is 24.3 Å². The Kier molecular flexibility index (Phi) is 10.2. The molecule has 42 heavy (non-hydrogen) atoms. The molecule has 0 aromatic heterocycles. The molecule has 0 aliphatic heterocycles. The quantitative estimate of drug-likeness (QED) is 0.167. The summed E-state index contributed by atoms with van der Waals surface area (Å²) in [7, 11) is 1.58. The predicted octanol–water partition coefficient (Wildman–Crippen LogP) is 5.71. The zero-order valence-corrected chi connectivity index (χ0v) is 23.8.